The van der Waals surface area contributed by atoms with E-state index >= 15 is 0 Å². The number of methoxy groups -OCH3 is 1. The number of carbonyl (C=O) groups excluding carboxylic acids is 1. The number of benzene rings is 2. The van der Waals surface area contributed by atoms with Crippen LogP contribution in [-0.2, 0) is 32.2 Å². The average molecular weight is 540 g/mol. The molecule has 11 heteroatoms. The Labute approximate surface area is 216 Å². The number of nitrogens with zero attached hydrogens (tertiary/aromatic N) is 1. The van der Waals surface area contributed by atoms with Gasteiger partial charge < -0.3 is 15.2 Å². The second-order valence-electron chi connectivity index (χ2n) is 9.27. The molecule has 4 N–H and O–H groups in total. The van der Waals surface area contributed by atoms with Crippen molar-refractivity contribution < 1.29 is 27.3 Å². The summed E-state index contributed by atoms with van der Waals surface area (Å²) in [6.45, 7) is 5.92. The zero-order valence-corrected chi connectivity index (χ0v) is 22.8. The van der Waals surface area contributed by atoms with Gasteiger partial charge in [-0.05, 0) is 42.2 Å². The maximum Gasteiger partial charge on any atom is 0.224 e. The van der Waals surface area contributed by atoms with E-state index in [1.165, 1.54) is 6.92 Å². The van der Waals surface area contributed by atoms with Crippen molar-refractivity contribution in [2.75, 3.05) is 26.0 Å². The van der Waals surface area contributed by atoms with E-state index in [2.05, 4.69) is 5.32 Å². The molecular formula is C25H37N3O6S2. The van der Waals surface area contributed by atoms with Crippen LogP contribution >= 0.6 is 0 Å². The highest BCUT2D eigenvalue weighted by Crippen LogP contribution is 2.19. The Morgan fingerprint density at radius 1 is 1.08 bits per heavy atom. The van der Waals surface area contributed by atoms with Crippen LogP contribution in [0.2, 0.25) is 0 Å². The number of aliphatic hydroxyl groups excluding tert-OH is 1. The molecule has 0 spiro atoms. The quantitative estimate of drug-likeness (QED) is 0.334. The molecule has 0 aliphatic rings. The van der Waals surface area contributed by atoms with E-state index in [4.69, 9.17) is 9.88 Å². The number of nitrogens with one attached hydrogen (secondary N) is 1. The van der Waals surface area contributed by atoms with Crippen LogP contribution in [-0.4, -0.2) is 66.0 Å². The summed E-state index contributed by atoms with van der Waals surface area (Å²) >= 11 is 0. The topological polar surface area (TPSA) is 139 Å². The second-order valence-corrected chi connectivity index (χ2v) is 12.4. The molecule has 0 bridgehead atoms. The third kappa shape index (κ3) is 9.98. The number of hydrogen-bond acceptors (Lipinski definition) is 6. The molecule has 0 radical (unpaired) electrons. The SMILES string of the molecule is COc1ccc(S(=O)N(CC(C)C)C[C@@H](O)[C@H](Cc2ccccc2)NC(=O)[C@H](C)CS(N)(=O)=O)cc1. The van der Waals surface area contributed by atoms with E-state index in [1.54, 1.807) is 35.7 Å². The number of hydrogen-bond donors (Lipinski definition) is 3. The van der Waals surface area contributed by atoms with Gasteiger partial charge in [-0.15, -0.1) is 0 Å². The van der Waals surface area contributed by atoms with Crippen molar-refractivity contribution in [3.05, 3.63) is 60.2 Å². The number of nitrogens with two attached hydrogens (primary N) is 1. The van der Waals surface area contributed by atoms with Crippen LogP contribution in [0.3, 0.4) is 0 Å². The molecule has 1 amide bonds. The summed E-state index contributed by atoms with van der Waals surface area (Å²) in [5.41, 5.74) is 0.882. The fourth-order valence-corrected chi connectivity index (χ4v) is 5.93. The molecule has 0 saturated heterocycles. The molecule has 36 heavy (non-hydrogen) atoms. The molecule has 2 rings (SSSR count). The van der Waals surface area contributed by atoms with Gasteiger partial charge in [-0.1, -0.05) is 51.1 Å². The van der Waals surface area contributed by atoms with E-state index in [0.29, 0.717) is 23.6 Å². The fraction of sp³-hybridized carbons (Fsp3) is 0.480. The summed E-state index contributed by atoms with van der Waals surface area (Å²) in [6, 6.07) is 15.5. The number of ether oxygens (including phenoxy) is 1. The van der Waals surface area contributed by atoms with Crippen LogP contribution in [0.5, 0.6) is 5.75 Å². The van der Waals surface area contributed by atoms with Gasteiger partial charge in [0.25, 0.3) is 0 Å². The molecule has 1 unspecified atom stereocenters. The zero-order chi connectivity index (χ0) is 26.9. The molecule has 9 nitrogen and oxygen atoms in total. The molecule has 0 aromatic heterocycles. The standard InChI is InChI=1S/C25H37N3O6S2/c1-18(2)15-28(35(31)22-12-10-21(34-4)11-13-22)16-24(29)23(14-20-8-6-5-7-9-20)27-25(30)19(3)17-36(26,32)33/h5-13,18-19,23-24,29H,14-17H2,1-4H3,(H,27,30)(H2,26,32,33)/t19-,23+,24-,35?/m1/s1. The van der Waals surface area contributed by atoms with Gasteiger partial charge in [-0.3, -0.25) is 4.79 Å². The number of amides is 1. The third-order valence-corrected chi connectivity index (χ3v) is 7.88. The molecule has 4 atom stereocenters. The molecule has 2 aromatic rings. The number of aliphatic hydroxyl groups is 1. The summed E-state index contributed by atoms with van der Waals surface area (Å²) in [4.78, 5) is 13.3. The molecule has 200 valence electrons. The van der Waals surface area contributed by atoms with Gasteiger partial charge in [0.05, 0.1) is 35.8 Å². The second kappa shape index (κ2) is 13.8. The summed E-state index contributed by atoms with van der Waals surface area (Å²) < 4.78 is 43.2. The highest BCUT2D eigenvalue weighted by Gasteiger charge is 2.29. The minimum atomic E-state index is -3.84. The van der Waals surface area contributed by atoms with E-state index in [-0.39, 0.29) is 12.5 Å². The van der Waals surface area contributed by atoms with Crippen LogP contribution in [0.1, 0.15) is 26.3 Å². The van der Waals surface area contributed by atoms with Gasteiger partial charge in [0.1, 0.15) is 16.7 Å². The van der Waals surface area contributed by atoms with Crippen molar-refractivity contribution in [3.8, 4) is 5.75 Å². The first-order valence-electron chi connectivity index (χ1n) is 11.7. The molecule has 0 saturated carbocycles. The van der Waals surface area contributed by atoms with Crippen LogP contribution < -0.4 is 15.2 Å². The maximum atomic E-state index is 13.4. The Morgan fingerprint density at radius 3 is 2.22 bits per heavy atom. The van der Waals surface area contributed by atoms with Gasteiger partial charge >= 0.3 is 0 Å². The smallest absolute Gasteiger partial charge is 0.224 e. The molecule has 2 aromatic carbocycles. The highest BCUT2D eigenvalue weighted by molar-refractivity contribution is 7.89. The Kier molecular flexibility index (Phi) is 11.5. The normalized spacial score (nSPS) is 15.3. The van der Waals surface area contributed by atoms with Crippen LogP contribution in [0.25, 0.3) is 0 Å². The summed E-state index contributed by atoms with van der Waals surface area (Å²) in [5.74, 6) is -1.13. The van der Waals surface area contributed by atoms with Gasteiger partial charge in [0.2, 0.25) is 15.9 Å². The Hall–Kier alpha value is -2.31. The van der Waals surface area contributed by atoms with Gasteiger partial charge in [0.15, 0.2) is 0 Å². The molecule has 0 heterocycles. The van der Waals surface area contributed by atoms with Gasteiger partial charge in [0, 0.05) is 13.1 Å². The lowest BCUT2D eigenvalue weighted by Gasteiger charge is -2.31. The first kappa shape index (κ1) is 29.9. The Bertz CT molecular complexity index is 1090. The molecule has 0 aliphatic heterocycles. The van der Waals surface area contributed by atoms with E-state index in [0.717, 1.165) is 5.56 Å². The number of carbonyl (C=O) groups is 1. The lowest BCUT2D eigenvalue weighted by Crippen LogP contribution is -2.52. The van der Waals surface area contributed by atoms with Crippen molar-refractivity contribution in [2.45, 2.75) is 44.2 Å². The average Bonchev–Trinajstić information content (AvgIpc) is 2.82. The predicted molar refractivity (Wildman–Crippen MR) is 141 cm³/mol. The van der Waals surface area contributed by atoms with Crippen molar-refractivity contribution in [3.63, 3.8) is 0 Å². The Morgan fingerprint density at radius 2 is 1.69 bits per heavy atom. The number of rotatable bonds is 14. The third-order valence-electron chi connectivity index (χ3n) is 5.48. The van der Waals surface area contributed by atoms with Crippen molar-refractivity contribution in [2.24, 2.45) is 17.0 Å². The summed E-state index contributed by atoms with van der Waals surface area (Å²) in [6.07, 6.45) is -0.780. The largest absolute Gasteiger partial charge is 0.497 e. The first-order valence-corrected chi connectivity index (χ1v) is 14.6. The lowest BCUT2D eigenvalue weighted by molar-refractivity contribution is -0.125. The highest BCUT2D eigenvalue weighted by atomic mass is 32.2. The number of sulfonamides is 1. The summed E-state index contributed by atoms with van der Waals surface area (Å²) in [5, 5.41) is 19.1. The van der Waals surface area contributed by atoms with E-state index < -0.39 is 50.7 Å². The van der Waals surface area contributed by atoms with Crippen LogP contribution in [0.15, 0.2) is 59.5 Å². The first-order chi connectivity index (χ1) is 16.9. The maximum absolute atomic E-state index is 13.4. The van der Waals surface area contributed by atoms with Crippen LogP contribution in [0, 0.1) is 11.8 Å². The van der Waals surface area contributed by atoms with Crippen LogP contribution in [0.4, 0.5) is 0 Å². The number of primary sulfonamides is 1. The van der Waals surface area contributed by atoms with Gasteiger partial charge in [-0.2, -0.15) is 0 Å². The van der Waals surface area contributed by atoms with Gasteiger partial charge in [-0.25, -0.2) is 22.1 Å². The molecular weight excluding hydrogens is 502 g/mol. The lowest BCUT2D eigenvalue weighted by atomic mass is 10.00. The van der Waals surface area contributed by atoms with E-state index in [9.17, 15) is 22.5 Å². The molecule has 0 fully saturated rings. The Balaban J connectivity index is 2.25. The minimum absolute atomic E-state index is 0.0260. The predicted octanol–water partition coefficient (Wildman–Crippen LogP) is 1.69. The fourth-order valence-electron chi connectivity index (χ4n) is 3.69. The minimum Gasteiger partial charge on any atom is -0.497 e. The van der Waals surface area contributed by atoms with Crippen molar-refractivity contribution >= 4 is 26.9 Å². The van der Waals surface area contributed by atoms with E-state index in [1.807, 2.05) is 44.2 Å². The zero-order valence-electron chi connectivity index (χ0n) is 21.2. The van der Waals surface area contributed by atoms with Crippen molar-refractivity contribution in [1.82, 2.24) is 9.62 Å². The summed E-state index contributed by atoms with van der Waals surface area (Å²) in [7, 11) is -3.85. The monoisotopic (exact) mass is 539 g/mol. The molecule has 0 aliphatic carbocycles. The van der Waals surface area contributed by atoms with Crippen molar-refractivity contribution in [1.29, 1.82) is 0 Å².